The highest BCUT2D eigenvalue weighted by Gasteiger charge is 2.37. The number of amides is 1. The van der Waals surface area contributed by atoms with Crippen molar-refractivity contribution in [3.63, 3.8) is 0 Å². The Bertz CT molecular complexity index is 706. The van der Waals surface area contributed by atoms with Gasteiger partial charge in [0.2, 0.25) is 11.9 Å². The highest BCUT2D eigenvalue weighted by molar-refractivity contribution is 5.81. The van der Waals surface area contributed by atoms with E-state index in [2.05, 4.69) is 39.0 Å². The van der Waals surface area contributed by atoms with Crippen molar-refractivity contribution < 1.29 is 4.79 Å². The smallest absolute Gasteiger partial charge is 0.232 e. The second-order valence-corrected chi connectivity index (χ2v) is 6.53. The third kappa shape index (κ3) is 5.00. The predicted molar refractivity (Wildman–Crippen MR) is 102 cm³/mol. The number of carbonyl (C=O) groups excluding carboxylic acids is 1. The van der Waals surface area contributed by atoms with Crippen LogP contribution >= 0.6 is 0 Å². The van der Waals surface area contributed by atoms with Crippen LogP contribution in [0.3, 0.4) is 0 Å². The molecule has 0 heterocycles. The first-order valence-electron chi connectivity index (χ1n) is 8.77. The van der Waals surface area contributed by atoms with Gasteiger partial charge in [0.15, 0.2) is 6.19 Å². The fourth-order valence-electron chi connectivity index (χ4n) is 3.50. The van der Waals surface area contributed by atoms with Crippen molar-refractivity contribution in [1.29, 1.82) is 5.26 Å². The van der Waals surface area contributed by atoms with E-state index in [1.54, 1.807) is 7.05 Å². The van der Waals surface area contributed by atoms with Crippen LogP contribution in [-0.2, 0) is 10.2 Å². The van der Waals surface area contributed by atoms with Crippen molar-refractivity contribution in [2.75, 3.05) is 13.6 Å². The molecular formula is C20H25N5O. The highest BCUT2D eigenvalue weighted by Crippen LogP contribution is 2.39. The van der Waals surface area contributed by atoms with Crippen molar-refractivity contribution in [1.82, 2.24) is 16.0 Å². The maximum absolute atomic E-state index is 11.9. The van der Waals surface area contributed by atoms with Gasteiger partial charge in [-0.05, 0) is 31.2 Å². The summed E-state index contributed by atoms with van der Waals surface area (Å²) in [7, 11) is 1.64. The van der Waals surface area contributed by atoms with Crippen molar-refractivity contribution in [2.24, 2.45) is 4.99 Å². The Labute approximate surface area is 155 Å². The molecule has 1 aliphatic rings. The molecule has 0 spiro atoms. The van der Waals surface area contributed by atoms with Crippen LogP contribution in [-0.4, -0.2) is 31.5 Å². The van der Waals surface area contributed by atoms with Crippen LogP contribution in [0.25, 0.3) is 0 Å². The van der Waals surface area contributed by atoms with Gasteiger partial charge in [0.1, 0.15) is 0 Å². The topological polar surface area (TPSA) is 89.3 Å². The molecule has 0 aromatic heterocycles. The molecule has 1 amide bonds. The van der Waals surface area contributed by atoms with E-state index in [4.69, 9.17) is 11.7 Å². The van der Waals surface area contributed by atoms with Gasteiger partial charge in [0.05, 0.1) is 6.42 Å². The van der Waals surface area contributed by atoms with Crippen molar-refractivity contribution >= 4 is 11.9 Å². The highest BCUT2D eigenvalue weighted by atomic mass is 16.1. The maximum Gasteiger partial charge on any atom is 0.232 e. The van der Waals surface area contributed by atoms with E-state index >= 15 is 0 Å². The van der Waals surface area contributed by atoms with E-state index in [1.165, 1.54) is 5.56 Å². The van der Waals surface area contributed by atoms with Crippen LogP contribution < -0.4 is 16.0 Å². The van der Waals surface area contributed by atoms with E-state index in [9.17, 15) is 4.79 Å². The molecule has 136 valence electrons. The number of nitrogens with one attached hydrogen (secondary N) is 3. The fraction of sp³-hybridized carbons (Fsp3) is 0.450. The second kappa shape index (κ2) is 9.48. The summed E-state index contributed by atoms with van der Waals surface area (Å²) in [5.41, 5.74) is 1.13. The van der Waals surface area contributed by atoms with Gasteiger partial charge in [-0.15, -0.1) is 6.42 Å². The number of nitriles is 1. The number of aliphatic imine (C=N–C) groups is 1. The summed E-state index contributed by atoms with van der Waals surface area (Å²) in [5.74, 6) is 2.77. The largest absolute Gasteiger partial charge is 0.354 e. The summed E-state index contributed by atoms with van der Waals surface area (Å²) in [6.45, 7) is 0.579. The Morgan fingerprint density at radius 3 is 2.62 bits per heavy atom. The Morgan fingerprint density at radius 2 is 2.04 bits per heavy atom. The number of hydrogen-bond donors (Lipinski definition) is 3. The lowest BCUT2D eigenvalue weighted by Crippen LogP contribution is -2.49. The zero-order valence-corrected chi connectivity index (χ0v) is 15.1. The Balaban J connectivity index is 2.07. The zero-order valence-electron chi connectivity index (χ0n) is 15.1. The van der Waals surface area contributed by atoms with Crippen LogP contribution in [0.15, 0.2) is 35.3 Å². The molecule has 0 saturated heterocycles. The number of carbonyl (C=O) groups is 1. The fourth-order valence-corrected chi connectivity index (χ4v) is 3.50. The number of nitrogens with zero attached hydrogens (tertiary/aromatic N) is 2. The molecule has 2 rings (SSSR count). The number of rotatable bonds is 5. The number of hydrogen-bond acceptors (Lipinski definition) is 3. The van der Waals surface area contributed by atoms with Crippen molar-refractivity contribution in [3.05, 3.63) is 35.9 Å². The molecular weight excluding hydrogens is 326 g/mol. The third-order valence-electron chi connectivity index (χ3n) is 4.95. The molecule has 1 aromatic rings. The zero-order chi connectivity index (χ0) is 18.8. The SMILES string of the molecule is C#CCC(=O)NCC1(c2ccccc2)CCC(NC(=NC)NC#N)CC1. The minimum Gasteiger partial charge on any atom is -0.354 e. The summed E-state index contributed by atoms with van der Waals surface area (Å²) >= 11 is 0. The summed E-state index contributed by atoms with van der Waals surface area (Å²) in [6, 6.07) is 10.5. The number of benzene rings is 1. The second-order valence-electron chi connectivity index (χ2n) is 6.53. The molecule has 0 atom stereocenters. The van der Waals surface area contributed by atoms with Gasteiger partial charge in [-0.25, -0.2) is 0 Å². The van der Waals surface area contributed by atoms with Crippen LogP contribution in [0.2, 0.25) is 0 Å². The Hall–Kier alpha value is -2.99. The Morgan fingerprint density at radius 1 is 1.35 bits per heavy atom. The van der Waals surface area contributed by atoms with Crippen LogP contribution in [0, 0.1) is 23.8 Å². The van der Waals surface area contributed by atoms with Gasteiger partial charge in [0.25, 0.3) is 0 Å². The van der Waals surface area contributed by atoms with E-state index in [0.29, 0.717) is 12.5 Å². The molecule has 3 N–H and O–H groups in total. The van der Waals surface area contributed by atoms with Crippen molar-refractivity contribution in [3.8, 4) is 18.5 Å². The molecule has 0 aliphatic heterocycles. The Kier molecular flexibility index (Phi) is 7.05. The summed E-state index contributed by atoms with van der Waals surface area (Å²) in [6.07, 6.45) is 10.9. The first kappa shape index (κ1) is 19.3. The van der Waals surface area contributed by atoms with Gasteiger partial charge in [-0.3, -0.25) is 15.1 Å². The van der Waals surface area contributed by atoms with Gasteiger partial charge >= 0.3 is 0 Å². The lowest BCUT2D eigenvalue weighted by atomic mass is 9.68. The lowest BCUT2D eigenvalue weighted by molar-refractivity contribution is -0.120. The molecule has 0 bridgehead atoms. The molecule has 1 aromatic carbocycles. The standard InChI is InChI=1S/C20H25N5O/c1-3-7-18(26)23-14-20(16-8-5-4-6-9-16)12-10-17(11-13-20)25-19(22-2)24-15-21/h1,4-6,8-9,17H,7,10-14H2,2H3,(H,23,26)(H2,22,24,25). The summed E-state index contributed by atoms with van der Waals surface area (Å²) < 4.78 is 0. The van der Waals surface area contributed by atoms with Gasteiger partial charge in [-0.1, -0.05) is 36.3 Å². The molecule has 0 unspecified atom stereocenters. The molecule has 26 heavy (non-hydrogen) atoms. The quantitative estimate of drug-likeness (QED) is 0.247. The average Bonchev–Trinajstić information content (AvgIpc) is 2.68. The molecule has 1 aliphatic carbocycles. The molecule has 6 heteroatoms. The first-order chi connectivity index (χ1) is 12.6. The third-order valence-corrected chi connectivity index (χ3v) is 4.95. The van der Waals surface area contributed by atoms with Gasteiger partial charge < -0.3 is 10.6 Å². The minimum atomic E-state index is -0.110. The molecule has 6 nitrogen and oxygen atoms in total. The van der Waals surface area contributed by atoms with E-state index in [1.807, 2.05) is 24.4 Å². The van der Waals surface area contributed by atoms with Crippen molar-refractivity contribution in [2.45, 2.75) is 43.6 Å². The van der Waals surface area contributed by atoms with E-state index in [-0.39, 0.29) is 23.8 Å². The minimum absolute atomic E-state index is 0.101. The van der Waals surface area contributed by atoms with Crippen LogP contribution in [0.5, 0.6) is 0 Å². The van der Waals surface area contributed by atoms with Crippen LogP contribution in [0.1, 0.15) is 37.7 Å². The average molecular weight is 351 g/mol. The normalized spacial score (nSPS) is 22.6. The summed E-state index contributed by atoms with van der Waals surface area (Å²) in [4.78, 5) is 15.9. The molecule has 0 radical (unpaired) electrons. The van der Waals surface area contributed by atoms with E-state index in [0.717, 1.165) is 25.7 Å². The first-order valence-corrected chi connectivity index (χ1v) is 8.77. The number of terminal acetylenes is 1. The molecule has 1 fully saturated rings. The summed E-state index contributed by atoms with van der Waals surface area (Å²) in [5, 5.41) is 17.6. The van der Waals surface area contributed by atoms with Gasteiger partial charge in [0, 0.05) is 25.0 Å². The van der Waals surface area contributed by atoms with E-state index < -0.39 is 0 Å². The maximum atomic E-state index is 11.9. The van der Waals surface area contributed by atoms with Crippen LogP contribution in [0.4, 0.5) is 0 Å². The molecule has 1 saturated carbocycles. The lowest BCUT2D eigenvalue weighted by Gasteiger charge is -2.41. The van der Waals surface area contributed by atoms with Gasteiger partial charge in [-0.2, -0.15) is 5.26 Å². The monoisotopic (exact) mass is 351 g/mol. The number of guanidine groups is 1. The predicted octanol–water partition coefficient (Wildman–Crippen LogP) is 1.65.